The Morgan fingerprint density at radius 1 is 1.39 bits per heavy atom. The van der Waals surface area contributed by atoms with Crippen molar-refractivity contribution in [3.05, 3.63) is 48.0 Å². The average Bonchev–Trinajstić information content (AvgIpc) is 2.39. The van der Waals surface area contributed by atoms with Gasteiger partial charge in [0.05, 0.1) is 12.3 Å². The smallest absolute Gasteiger partial charge is 0.373 e. The van der Waals surface area contributed by atoms with Crippen LogP contribution >= 0.6 is 0 Å². The summed E-state index contributed by atoms with van der Waals surface area (Å²) in [5, 5.41) is 11.5. The van der Waals surface area contributed by atoms with Gasteiger partial charge >= 0.3 is 5.97 Å². The van der Waals surface area contributed by atoms with Gasteiger partial charge in [-0.2, -0.15) is 0 Å². The lowest BCUT2D eigenvalue weighted by Gasteiger charge is -2.01. The maximum Gasteiger partial charge on any atom is 0.373 e. The van der Waals surface area contributed by atoms with Crippen LogP contribution < -0.4 is 0 Å². The van der Waals surface area contributed by atoms with Crippen molar-refractivity contribution in [2.45, 2.75) is 6.92 Å². The van der Waals surface area contributed by atoms with Crippen LogP contribution in [0.25, 0.3) is 16.8 Å². The first kappa shape index (κ1) is 12.1. The molecule has 0 bridgehead atoms. The van der Waals surface area contributed by atoms with Gasteiger partial charge in [-0.15, -0.1) is 0 Å². The molecule has 0 radical (unpaired) electrons. The van der Waals surface area contributed by atoms with Gasteiger partial charge in [0.15, 0.2) is 0 Å². The van der Waals surface area contributed by atoms with Gasteiger partial charge in [-0.1, -0.05) is 24.3 Å². The molecule has 4 heteroatoms. The van der Waals surface area contributed by atoms with E-state index in [1.54, 1.807) is 19.2 Å². The van der Waals surface area contributed by atoms with E-state index in [9.17, 15) is 9.90 Å². The summed E-state index contributed by atoms with van der Waals surface area (Å²) in [6, 6.07) is 9.53. The molecule has 1 N–H and O–H groups in total. The predicted octanol–water partition coefficient (Wildman–Crippen LogP) is 2.70. The highest BCUT2D eigenvalue weighted by Crippen LogP contribution is 2.14. The van der Waals surface area contributed by atoms with Crippen LogP contribution in [0.2, 0.25) is 0 Å². The summed E-state index contributed by atoms with van der Waals surface area (Å²) < 4.78 is 4.68. The van der Waals surface area contributed by atoms with Gasteiger partial charge in [0.25, 0.3) is 0 Å². The number of aliphatic hydroxyl groups is 1. The summed E-state index contributed by atoms with van der Waals surface area (Å²) in [6.07, 6.45) is 2.99. The topological polar surface area (TPSA) is 59.4 Å². The van der Waals surface area contributed by atoms with Crippen LogP contribution in [-0.4, -0.2) is 22.7 Å². The standard InChI is InChI=1S/C14H13NO3/c1-2-18-14(17)13(16)8-12-7-10-5-3-4-6-11(10)9-15-12/h3-9,16H,2H2,1H3/b13-8-. The van der Waals surface area contributed by atoms with E-state index in [-0.39, 0.29) is 6.61 Å². The number of pyridine rings is 1. The number of fused-ring (bicyclic) bond motifs is 1. The highest BCUT2D eigenvalue weighted by atomic mass is 16.5. The van der Waals surface area contributed by atoms with Crippen LogP contribution in [0.1, 0.15) is 12.6 Å². The summed E-state index contributed by atoms with van der Waals surface area (Å²) in [5.41, 5.74) is 0.513. The number of carbonyl (C=O) groups excluding carboxylic acids is 1. The number of hydrogen-bond donors (Lipinski definition) is 1. The second kappa shape index (κ2) is 5.31. The third-order valence-corrected chi connectivity index (χ3v) is 2.42. The van der Waals surface area contributed by atoms with E-state index in [0.717, 1.165) is 10.8 Å². The third kappa shape index (κ3) is 2.66. The van der Waals surface area contributed by atoms with Crippen LogP contribution in [0.15, 0.2) is 42.3 Å². The largest absolute Gasteiger partial charge is 0.502 e. The Bertz CT molecular complexity index is 605. The molecule has 0 saturated heterocycles. The number of hydrogen-bond acceptors (Lipinski definition) is 4. The Morgan fingerprint density at radius 3 is 2.83 bits per heavy atom. The van der Waals surface area contributed by atoms with E-state index < -0.39 is 11.7 Å². The SMILES string of the molecule is CCOC(=O)/C(O)=C/c1cc2ccccc2cn1. The van der Waals surface area contributed by atoms with Gasteiger partial charge in [0.2, 0.25) is 5.76 Å². The van der Waals surface area contributed by atoms with E-state index >= 15 is 0 Å². The Hall–Kier alpha value is -2.36. The molecule has 1 heterocycles. The van der Waals surface area contributed by atoms with Gasteiger partial charge in [-0.3, -0.25) is 4.98 Å². The predicted molar refractivity (Wildman–Crippen MR) is 69.0 cm³/mol. The van der Waals surface area contributed by atoms with Crippen LogP contribution in [0.5, 0.6) is 0 Å². The molecule has 1 aromatic heterocycles. The summed E-state index contributed by atoms with van der Waals surface area (Å²) >= 11 is 0. The molecule has 0 fully saturated rings. The molecule has 0 saturated carbocycles. The highest BCUT2D eigenvalue weighted by Gasteiger charge is 2.08. The van der Waals surface area contributed by atoms with Crippen molar-refractivity contribution in [3.63, 3.8) is 0 Å². The number of esters is 1. The summed E-state index contributed by atoms with van der Waals surface area (Å²) in [4.78, 5) is 15.4. The van der Waals surface area contributed by atoms with E-state index in [0.29, 0.717) is 5.69 Å². The second-order valence-electron chi connectivity index (χ2n) is 3.71. The molecule has 2 rings (SSSR count). The quantitative estimate of drug-likeness (QED) is 0.511. The van der Waals surface area contributed by atoms with Crippen LogP contribution in [-0.2, 0) is 9.53 Å². The fraction of sp³-hybridized carbons (Fsp3) is 0.143. The van der Waals surface area contributed by atoms with Gasteiger partial charge in [-0.25, -0.2) is 4.79 Å². The molecule has 0 aliphatic rings. The number of rotatable bonds is 3. The van der Waals surface area contributed by atoms with Gasteiger partial charge in [0, 0.05) is 17.7 Å². The minimum absolute atomic E-state index is 0.224. The fourth-order valence-corrected chi connectivity index (χ4v) is 1.58. The molecule has 0 spiro atoms. The number of aliphatic hydroxyl groups excluding tert-OH is 1. The number of benzene rings is 1. The zero-order chi connectivity index (χ0) is 13.0. The number of carbonyl (C=O) groups is 1. The summed E-state index contributed by atoms with van der Waals surface area (Å²) in [5.74, 6) is -1.19. The highest BCUT2D eigenvalue weighted by molar-refractivity contribution is 5.91. The molecule has 0 amide bonds. The molecule has 2 aromatic rings. The van der Waals surface area contributed by atoms with Crippen LogP contribution in [0, 0.1) is 0 Å². The van der Waals surface area contributed by atoms with Crippen LogP contribution in [0.4, 0.5) is 0 Å². The van der Waals surface area contributed by atoms with Crippen molar-refractivity contribution in [2.75, 3.05) is 6.61 Å². The zero-order valence-corrected chi connectivity index (χ0v) is 9.96. The van der Waals surface area contributed by atoms with Gasteiger partial charge in [-0.05, 0) is 18.4 Å². The molecule has 0 atom stereocenters. The number of ether oxygens (including phenoxy) is 1. The average molecular weight is 243 g/mol. The first-order chi connectivity index (χ1) is 8.70. The van der Waals surface area contributed by atoms with E-state index in [1.807, 2.05) is 24.3 Å². The Morgan fingerprint density at radius 2 is 2.11 bits per heavy atom. The van der Waals surface area contributed by atoms with E-state index in [2.05, 4.69) is 9.72 Å². The zero-order valence-electron chi connectivity index (χ0n) is 9.96. The Labute approximate surface area is 105 Å². The van der Waals surface area contributed by atoms with Crippen molar-refractivity contribution in [3.8, 4) is 0 Å². The normalized spacial score (nSPS) is 11.5. The van der Waals surface area contributed by atoms with Crippen molar-refractivity contribution < 1.29 is 14.6 Å². The lowest BCUT2D eigenvalue weighted by atomic mass is 10.1. The molecule has 0 unspecified atom stereocenters. The molecule has 1 aromatic carbocycles. The molecule has 0 aliphatic carbocycles. The van der Waals surface area contributed by atoms with E-state index in [1.165, 1.54) is 6.08 Å². The Balaban J connectivity index is 2.31. The Kier molecular flexibility index (Phi) is 3.57. The summed E-state index contributed by atoms with van der Waals surface area (Å²) in [6.45, 7) is 1.90. The lowest BCUT2D eigenvalue weighted by Crippen LogP contribution is -2.06. The molecule has 4 nitrogen and oxygen atoms in total. The lowest BCUT2D eigenvalue weighted by molar-refractivity contribution is -0.141. The minimum atomic E-state index is -0.743. The van der Waals surface area contributed by atoms with E-state index in [4.69, 9.17) is 0 Å². The van der Waals surface area contributed by atoms with Gasteiger partial charge in [0.1, 0.15) is 0 Å². The maximum atomic E-state index is 11.2. The fourth-order valence-electron chi connectivity index (χ4n) is 1.58. The van der Waals surface area contributed by atoms with Crippen molar-refractivity contribution in [1.82, 2.24) is 4.98 Å². The van der Waals surface area contributed by atoms with Crippen molar-refractivity contribution in [1.29, 1.82) is 0 Å². The maximum absolute atomic E-state index is 11.2. The summed E-state index contributed by atoms with van der Waals surface area (Å²) in [7, 11) is 0. The first-order valence-corrected chi connectivity index (χ1v) is 5.63. The second-order valence-corrected chi connectivity index (χ2v) is 3.71. The van der Waals surface area contributed by atoms with Crippen molar-refractivity contribution in [2.24, 2.45) is 0 Å². The number of nitrogens with zero attached hydrogens (tertiary/aromatic N) is 1. The molecular weight excluding hydrogens is 230 g/mol. The minimum Gasteiger partial charge on any atom is -0.502 e. The molecule has 92 valence electrons. The molecule has 0 aliphatic heterocycles. The third-order valence-electron chi connectivity index (χ3n) is 2.42. The number of aromatic nitrogens is 1. The van der Waals surface area contributed by atoms with Crippen LogP contribution in [0.3, 0.4) is 0 Å². The van der Waals surface area contributed by atoms with Crippen molar-refractivity contribution >= 4 is 22.8 Å². The molecule has 18 heavy (non-hydrogen) atoms. The monoisotopic (exact) mass is 243 g/mol. The van der Waals surface area contributed by atoms with Gasteiger partial charge < -0.3 is 9.84 Å². The first-order valence-electron chi connectivity index (χ1n) is 5.63. The molecular formula is C14H13NO3.